The SMILES string of the molecule is CCC(CCC1CCC(c2ccc(OCc3ccccc3)cc2)CC1)c1ccccc1. The van der Waals surface area contributed by atoms with Crippen LogP contribution >= 0.6 is 0 Å². The fraction of sp³-hybridized carbons (Fsp3) is 0.400. The number of rotatable bonds is 9. The van der Waals surface area contributed by atoms with Crippen LogP contribution in [0.25, 0.3) is 0 Å². The van der Waals surface area contributed by atoms with Gasteiger partial charge in [0.05, 0.1) is 0 Å². The van der Waals surface area contributed by atoms with Gasteiger partial charge in [-0.1, -0.05) is 79.7 Å². The van der Waals surface area contributed by atoms with E-state index < -0.39 is 0 Å². The predicted octanol–water partition coefficient (Wildman–Crippen LogP) is 8.51. The lowest BCUT2D eigenvalue weighted by Crippen LogP contribution is -2.14. The lowest BCUT2D eigenvalue weighted by atomic mass is 9.76. The van der Waals surface area contributed by atoms with E-state index in [1.54, 1.807) is 0 Å². The van der Waals surface area contributed by atoms with Crippen LogP contribution in [0.5, 0.6) is 5.75 Å². The molecule has 0 saturated heterocycles. The second kappa shape index (κ2) is 11.2. The molecule has 0 spiro atoms. The molecule has 1 heteroatoms. The third-order valence-electron chi connectivity index (χ3n) is 7.13. The quantitative estimate of drug-likeness (QED) is 0.342. The van der Waals surface area contributed by atoms with Crippen molar-refractivity contribution in [2.24, 2.45) is 5.92 Å². The van der Waals surface area contributed by atoms with Crippen molar-refractivity contribution in [2.75, 3.05) is 0 Å². The molecule has 0 radical (unpaired) electrons. The van der Waals surface area contributed by atoms with E-state index in [2.05, 4.69) is 85.8 Å². The summed E-state index contributed by atoms with van der Waals surface area (Å²) in [4.78, 5) is 0. The first kappa shape index (κ1) is 21.7. The third kappa shape index (κ3) is 6.23. The largest absolute Gasteiger partial charge is 0.489 e. The molecule has 3 aromatic carbocycles. The number of hydrogen-bond donors (Lipinski definition) is 0. The molecule has 31 heavy (non-hydrogen) atoms. The van der Waals surface area contributed by atoms with E-state index in [1.807, 2.05) is 6.07 Å². The fourth-order valence-corrected chi connectivity index (χ4v) is 5.13. The smallest absolute Gasteiger partial charge is 0.119 e. The maximum absolute atomic E-state index is 5.95. The van der Waals surface area contributed by atoms with Crippen LogP contribution in [0, 0.1) is 5.92 Å². The van der Waals surface area contributed by atoms with E-state index in [-0.39, 0.29) is 0 Å². The Morgan fingerprint density at radius 3 is 2.06 bits per heavy atom. The Morgan fingerprint density at radius 2 is 1.42 bits per heavy atom. The summed E-state index contributed by atoms with van der Waals surface area (Å²) in [7, 11) is 0. The molecule has 1 unspecified atom stereocenters. The van der Waals surface area contributed by atoms with Gasteiger partial charge in [0, 0.05) is 0 Å². The first-order valence-corrected chi connectivity index (χ1v) is 12.1. The van der Waals surface area contributed by atoms with Gasteiger partial charge in [0.2, 0.25) is 0 Å². The Labute approximate surface area is 188 Å². The lowest BCUT2D eigenvalue weighted by molar-refractivity contribution is 0.295. The van der Waals surface area contributed by atoms with E-state index in [0.29, 0.717) is 6.61 Å². The summed E-state index contributed by atoms with van der Waals surface area (Å²) in [5.41, 5.74) is 4.22. The third-order valence-corrected chi connectivity index (χ3v) is 7.13. The summed E-state index contributed by atoms with van der Waals surface area (Å²) in [6.07, 6.45) is 9.38. The number of benzene rings is 3. The minimum absolute atomic E-state index is 0.632. The van der Waals surface area contributed by atoms with Crippen LogP contribution in [0.2, 0.25) is 0 Å². The van der Waals surface area contributed by atoms with E-state index in [9.17, 15) is 0 Å². The van der Waals surface area contributed by atoms with Crippen LogP contribution in [-0.2, 0) is 6.61 Å². The molecule has 0 bridgehead atoms. The monoisotopic (exact) mass is 412 g/mol. The molecule has 0 amide bonds. The van der Waals surface area contributed by atoms with Crippen molar-refractivity contribution >= 4 is 0 Å². The van der Waals surface area contributed by atoms with Crippen LogP contribution in [-0.4, -0.2) is 0 Å². The first-order chi connectivity index (χ1) is 15.3. The highest BCUT2D eigenvalue weighted by Crippen LogP contribution is 2.39. The Hall–Kier alpha value is -2.54. The molecule has 0 aliphatic heterocycles. The molecule has 1 nitrogen and oxygen atoms in total. The van der Waals surface area contributed by atoms with Crippen molar-refractivity contribution in [3.8, 4) is 5.75 Å². The van der Waals surface area contributed by atoms with Gasteiger partial charge < -0.3 is 4.74 Å². The summed E-state index contributed by atoms with van der Waals surface area (Å²) < 4.78 is 5.95. The fourth-order valence-electron chi connectivity index (χ4n) is 5.13. The van der Waals surface area contributed by atoms with Crippen LogP contribution in [0.1, 0.15) is 80.4 Å². The molecule has 3 aromatic rings. The summed E-state index contributed by atoms with van der Waals surface area (Å²) in [5.74, 6) is 3.31. The van der Waals surface area contributed by atoms with Gasteiger partial charge in [-0.15, -0.1) is 0 Å². The normalized spacial score (nSPS) is 19.6. The van der Waals surface area contributed by atoms with Crippen molar-refractivity contribution in [1.82, 2.24) is 0 Å². The molecule has 4 rings (SSSR count). The summed E-state index contributed by atoms with van der Waals surface area (Å²) in [5, 5.41) is 0. The van der Waals surface area contributed by atoms with Crippen molar-refractivity contribution in [1.29, 1.82) is 0 Å². The lowest BCUT2D eigenvalue weighted by Gasteiger charge is -2.30. The van der Waals surface area contributed by atoms with Crippen LogP contribution in [0.4, 0.5) is 0 Å². The van der Waals surface area contributed by atoms with E-state index >= 15 is 0 Å². The molecule has 1 aliphatic rings. The van der Waals surface area contributed by atoms with Gasteiger partial charge in [0.25, 0.3) is 0 Å². The van der Waals surface area contributed by atoms with E-state index in [4.69, 9.17) is 4.74 Å². The van der Waals surface area contributed by atoms with Crippen molar-refractivity contribution < 1.29 is 4.74 Å². The maximum atomic E-state index is 5.95. The first-order valence-electron chi connectivity index (χ1n) is 12.1. The van der Waals surface area contributed by atoms with Crippen LogP contribution in [0.15, 0.2) is 84.9 Å². The maximum Gasteiger partial charge on any atom is 0.119 e. The topological polar surface area (TPSA) is 9.23 Å². The predicted molar refractivity (Wildman–Crippen MR) is 131 cm³/mol. The standard InChI is InChI=1S/C30H36O/c1-2-26(27-11-7-4-8-12-27)16-13-24-14-17-28(18-15-24)29-19-21-30(22-20-29)31-23-25-9-5-3-6-10-25/h3-12,19-22,24,26,28H,2,13-18,23H2,1H3. The zero-order chi connectivity index (χ0) is 21.3. The highest BCUT2D eigenvalue weighted by Gasteiger charge is 2.23. The van der Waals surface area contributed by atoms with Gasteiger partial charge in [-0.25, -0.2) is 0 Å². The summed E-state index contributed by atoms with van der Waals surface area (Å²) in [6, 6.07) is 30.3. The highest BCUT2D eigenvalue weighted by atomic mass is 16.5. The van der Waals surface area contributed by atoms with Gasteiger partial charge in [-0.05, 0) is 91.5 Å². The van der Waals surface area contributed by atoms with Gasteiger partial charge in [-0.2, -0.15) is 0 Å². The summed E-state index contributed by atoms with van der Waals surface area (Å²) in [6.45, 7) is 2.97. The average molecular weight is 413 g/mol. The molecule has 1 atom stereocenters. The Balaban J connectivity index is 1.22. The molecular formula is C30H36O. The molecule has 1 fully saturated rings. The second-order valence-corrected chi connectivity index (χ2v) is 9.15. The van der Waals surface area contributed by atoms with Crippen molar-refractivity contribution in [2.45, 2.75) is 70.3 Å². The van der Waals surface area contributed by atoms with E-state index in [1.165, 1.54) is 61.6 Å². The molecule has 162 valence electrons. The average Bonchev–Trinajstić information content (AvgIpc) is 2.85. The Kier molecular flexibility index (Phi) is 7.82. The minimum Gasteiger partial charge on any atom is -0.489 e. The summed E-state index contributed by atoms with van der Waals surface area (Å²) >= 11 is 0. The molecule has 0 aromatic heterocycles. The van der Waals surface area contributed by atoms with Crippen molar-refractivity contribution in [3.63, 3.8) is 0 Å². The minimum atomic E-state index is 0.632. The van der Waals surface area contributed by atoms with Gasteiger partial charge in [0.1, 0.15) is 12.4 Å². The second-order valence-electron chi connectivity index (χ2n) is 9.15. The van der Waals surface area contributed by atoms with Gasteiger partial charge >= 0.3 is 0 Å². The number of ether oxygens (including phenoxy) is 1. The zero-order valence-electron chi connectivity index (χ0n) is 18.9. The van der Waals surface area contributed by atoms with E-state index in [0.717, 1.165) is 23.5 Å². The highest BCUT2D eigenvalue weighted by molar-refractivity contribution is 5.30. The molecule has 0 heterocycles. The Bertz CT molecular complexity index is 877. The Morgan fingerprint density at radius 1 is 0.774 bits per heavy atom. The van der Waals surface area contributed by atoms with Crippen molar-refractivity contribution in [3.05, 3.63) is 102 Å². The van der Waals surface area contributed by atoms with Crippen LogP contribution < -0.4 is 4.74 Å². The zero-order valence-corrected chi connectivity index (χ0v) is 18.9. The van der Waals surface area contributed by atoms with Gasteiger partial charge in [-0.3, -0.25) is 0 Å². The van der Waals surface area contributed by atoms with Gasteiger partial charge in [0.15, 0.2) is 0 Å². The molecule has 0 N–H and O–H groups in total. The number of hydrogen-bond acceptors (Lipinski definition) is 1. The molecule has 1 aliphatic carbocycles. The van der Waals surface area contributed by atoms with Crippen LogP contribution in [0.3, 0.4) is 0 Å². The molecular weight excluding hydrogens is 376 g/mol. The molecule has 1 saturated carbocycles.